The molecule has 2 heterocycles. The van der Waals surface area contributed by atoms with Crippen molar-refractivity contribution in [2.45, 2.75) is 56.7 Å². The average Bonchev–Trinajstić information content (AvgIpc) is 3.04. The summed E-state index contributed by atoms with van der Waals surface area (Å²) in [5.41, 5.74) is 1.08. The summed E-state index contributed by atoms with van der Waals surface area (Å²) in [5, 5.41) is 22.1. The third-order valence-electron chi connectivity index (χ3n) is 9.08. The van der Waals surface area contributed by atoms with E-state index in [2.05, 4.69) is 9.80 Å². The predicted molar refractivity (Wildman–Crippen MR) is 169 cm³/mol. The second-order valence-electron chi connectivity index (χ2n) is 12.1. The van der Waals surface area contributed by atoms with Gasteiger partial charge in [-0.05, 0) is 74.8 Å². The maximum Gasteiger partial charge on any atom is 0.163 e. The summed E-state index contributed by atoms with van der Waals surface area (Å²) in [7, 11) is 0. The first-order valence-electron chi connectivity index (χ1n) is 15.8. The monoisotopic (exact) mass is 586 g/mol. The molecule has 0 atom stereocenters. The van der Waals surface area contributed by atoms with Gasteiger partial charge in [-0.15, -0.1) is 0 Å². The number of hydrogen-bond donors (Lipinski definition) is 2. The molecule has 0 radical (unpaired) electrons. The Morgan fingerprint density at radius 1 is 0.698 bits per heavy atom. The van der Waals surface area contributed by atoms with E-state index in [0.717, 1.165) is 88.9 Å². The van der Waals surface area contributed by atoms with Crippen LogP contribution in [0.1, 0.15) is 66.9 Å². The summed E-state index contributed by atoms with van der Waals surface area (Å²) in [6, 6.07) is 25.4. The molecular weight excluding hydrogens is 540 g/mol. The molecule has 0 saturated carbocycles. The van der Waals surface area contributed by atoms with Crippen LogP contribution in [0.4, 0.5) is 0 Å². The third kappa shape index (κ3) is 8.24. The fourth-order valence-corrected chi connectivity index (χ4v) is 6.32. The number of carbonyl (C=O) groups is 1. The molecule has 2 fully saturated rings. The molecular formula is C36H46N2O5. The Kier molecular flexibility index (Phi) is 10.5. The van der Waals surface area contributed by atoms with Crippen molar-refractivity contribution in [3.05, 3.63) is 95.6 Å². The Morgan fingerprint density at radius 2 is 1.16 bits per heavy atom. The van der Waals surface area contributed by atoms with Crippen molar-refractivity contribution >= 4 is 5.78 Å². The number of carbonyl (C=O) groups excluding carboxylic acids is 1. The molecule has 3 aromatic rings. The fourth-order valence-electron chi connectivity index (χ4n) is 6.32. The molecule has 0 unspecified atom stereocenters. The van der Waals surface area contributed by atoms with Crippen molar-refractivity contribution in [3.8, 4) is 11.5 Å². The van der Waals surface area contributed by atoms with Gasteiger partial charge in [-0.2, -0.15) is 0 Å². The van der Waals surface area contributed by atoms with E-state index >= 15 is 0 Å². The molecule has 7 heteroatoms. The minimum Gasteiger partial charge on any atom is -0.494 e. The van der Waals surface area contributed by atoms with Crippen molar-refractivity contribution in [2.75, 3.05) is 52.5 Å². The number of aliphatic hydroxyl groups is 2. The number of Topliss-reactive ketones (excluding diaryl/α,β-unsaturated/α-hetero) is 1. The van der Waals surface area contributed by atoms with Gasteiger partial charge in [0.1, 0.15) is 11.5 Å². The molecule has 2 aliphatic heterocycles. The normalized spacial score (nSPS) is 18.7. The second kappa shape index (κ2) is 14.5. The topological polar surface area (TPSA) is 82.5 Å². The first-order valence-corrected chi connectivity index (χ1v) is 15.8. The van der Waals surface area contributed by atoms with Crippen molar-refractivity contribution < 1.29 is 24.5 Å². The van der Waals surface area contributed by atoms with Gasteiger partial charge in [-0.1, -0.05) is 60.7 Å². The van der Waals surface area contributed by atoms with Crippen LogP contribution in [0.3, 0.4) is 0 Å². The lowest BCUT2D eigenvalue weighted by Crippen LogP contribution is -2.43. The Hall–Kier alpha value is -3.23. The van der Waals surface area contributed by atoms with Crippen LogP contribution in [0.15, 0.2) is 78.9 Å². The Balaban J connectivity index is 1.00. The summed E-state index contributed by atoms with van der Waals surface area (Å²) >= 11 is 0. The summed E-state index contributed by atoms with van der Waals surface area (Å²) in [6.07, 6.45) is 4.64. The molecule has 0 aliphatic carbocycles. The first-order chi connectivity index (χ1) is 20.8. The maximum absolute atomic E-state index is 12.4. The molecule has 0 spiro atoms. The maximum atomic E-state index is 12.4. The van der Waals surface area contributed by atoms with E-state index in [-0.39, 0.29) is 5.78 Å². The van der Waals surface area contributed by atoms with Crippen molar-refractivity contribution in [1.82, 2.24) is 9.80 Å². The van der Waals surface area contributed by atoms with E-state index in [0.29, 0.717) is 30.3 Å². The molecule has 5 rings (SSSR count). The van der Waals surface area contributed by atoms with E-state index < -0.39 is 11.2 Å². The SMILES string of the molecule is CC(=O)c1cc(OCCCN2CCC(O)(c3ccccc3)CC2)ccc1OCCCN1CCC(O)(c2ccccc2)CC1. The largest absolute Gasteiger partial charge is 0.494 e. The van der Waals surface area contributed by atoms with E-state index in [1.54, 1.807) is 13.0 Å². The van der Waals surface area contributed by atoms with Crippen molar-refractivity contribution in [2.24, 2.45) is 0 Å². The highest BCUT2D eigenvalue weighted by atomic mass is 16.5. The number of piperidine rings is 2. The molecule has 2 aliphatic rings. The number of likely N-dealkylation sites (tertiary alicyclic amines) is 2. The number of nitrogens with zero attached hydrogens (tertiary/aromatic N) is 2. The number of hydrogen-bond acceptors (Lipinski definition) is 7. The van der Waals surface area contributed by atoms with Gasteiger partial charge >= 0.3 is 0 Å². The molecule has 0 aromatic heterocycles. The zero-order valence-electron chi connectivity index (χ0n) is 25.4. The molecule has 43 heavy (non-hydrogen) atoms. The van der Waals surface area contributed by atoms with Crippen LogP contribution in [0.2, 0.25) is 0 Å². The zero-order chi connectivity index (χ0) is 30.1. The minimum atomic E-state index is -0.739. The van der Waals surface area contributed by atoms with Gasteiger partial charge in [0.25, 0.3) is 0 Å². The molecule has 0 bridgehead atoms. The summed E-state index contributed by atoms with van der Waals surface area (Å²) < 4.78 is 12.0. The Bertz CT molecular complexity index is 1300. The van der Waals surface area contributed by atoms with E-state index in [1.165, 1.54) is 0 Å². The molecule has 2 saturated heterocycles. The Labute approximate surface area is 256 Å². The van der Waals surface area contributed by atoms with Crippen molar-refractivity contribution in [1.29, 1.82) is 0 Å². The quantitative estimate of drug-likeness (QED) is 0.205. The standard InChI is InChI=1S/C36H46N2O5/c1-29(39)33-28-32(42-26-8-20-37-22-16-35(40,17-23-37)30-10-4-2-5-11-30)14-15-34(33)43-27-9-21-38-24-18-36(41,19-25-38)31-12-6-3-7-13-31/h2-7,10-15,28,40-41H,8-9,16-27H2,1H3. The summed E-state index contributed by atoms with van der Waals surface area (Å²) in [6.45, 7) is 7.87. The van der Waals surface area contributed by atoms with Crippen LogP contribution in [0.5, 0.6) is 11.5 Å². The van der Waals surface area contributed by atoms with Crippen LogP contribution < -0.4 is 9.47 Å². The van der Waals surface area contributed by atoms with E-state index in [9.17, 15) is 15.0 Å². The summed E-state index contributed by atoms with van der Waals surface area (Å²) in [5.74, 6) is 1.22. The van der Waals surface area contributed by atoms with Gasteiger partial charge in [0.2, 0.25) is 0 Å². The lowest BCUT2D eigenvalue weighted by atomic mass is 9.84. The van der Waals surface area contributed by atoms with E-state index in [1.807, 2.05) is 72.8 Å². The van der Waals surface area contributed by atoms with Gasteiger partial charge in [-0.25, -0.2) is 0 Å². The third-order valence-corrected chi connectivity index (χ3v) is 9.08. The van der Waals surface area contributed by atoms with Gasteiger partial charge < -0.3 is 29.5 Å². The number of ether oxygens (including phenoxy) is 2. The number of ketones is 1. The highest BCUT2D eigenvalue weighted by Crippen LogP contribution is 2.34. The minimum absolute atomic E-state index is 0.0455. The second-order valence-corrected chi connectivity index (χ2v) is 12.1. The number of benzene rings is 3. The zero-order valence-corrected chi connectivity index (χ0v) is 25.4. The van der Waals surface area contributed by atoms with Crippen LogP contribution in [0.25, 0.3) is 0 Å². The van der Waals surface area contributed by atoms with Crippen LogP contribution in [-0.2, 0) is 11.2 Å². The molecule has 3 aromatic carbocycles. The van der Waals surface area contributed by atoms with Gasteiger partial charge in [0.05, 0.1) is 30.0 Å². The van der Waals surface area contributed by atoms with Crippen LogP contribution in [-0.4, -0.2) is 78.3 Å². The average molecular weight is 587 g/mol. The lowest BCUT2D eigenvalue weighted by molar-refractivity contribution is -0.0268. The van der Waals surface area contributed by atoms with Crippen LogP contribution >= 0.6 is 0 Å². The highest BCUT2D eigenvalue weighted by Gasteiger charge is 2.34. The van der Waals surface area contributed by atoms with Gasteiger partial charge in [0.15, 0.2) is 5.78 Å². The number of rotatable bonds is 13. The van der Waals surface area contributed by atoms with Crippen molar-refractivity contribution in [3.63, 3.8) is 0 Å². The molecule has 0 amide bonds. The van der Waals surface area contributed by atoms with Crippen LogP contribution in [0, 0.1) is 0 Å². The lowest BCUT2D eigenvalue weighted by Gasteiger charge is -2.38. The summed E-state index contributed by atoms with van der Waals surface area (Å²) in [4.78, 5) is 17.1. The Morgan fingerprint density at radius 3 is 1.63 bits per heavy atom. The smallest absolute Gasteiger partial charge is 0.163 e. The molecule has 2 N–H and O–H groups in total. The molecule has 7 nitrogen and oxygen atoms in total. The van der Waals surface area contributed by atoms with Gasteiger partial charge in [-0.3, -0.25) is 4.79 Å². The predicted octanol–water partition coefficient (Wildman–Crippen LogP) is 5.39. The van der Waals surface area contributed by atoms with E-state index in [4.69, 9.17) is 9.47 Å². The highest BCUT2D eigenvalue weighted by molar-refractivity contribution is 5.97. The molecule has 230 valence electrons. The fraction of sp³-hybridized carbons (Fsp3) is 0.472. The van der Waals surface area contributed by atoms with Gasteiger partial charge in [0, 0.05) is 39.3 Å². The first kappa shape index (κ1) is 31.2.